The molecule has 4 heteroatoms. The third-order valence-corrected chi connectivity index (χ3v) is 3.63. The lowest BCUT2D eigenvalue weighted by atomic mass is 10.1. The first-order valence-corrected chi connectivity index (χ1v) is 6.71. The predicted octanol–water partition coefficient (Wildman–Crippen LogP) is 2.36. The minimum atomic E-state index is 0.00669. The Kier molecular flexibility index (Phi) is 3.80. The molecule has 2 rings (SSSR count). The van der Waals surface area contributed by atoms with Gasteiger partial charge in [0.05, 0.1) is 11.7 Å². The molecule has 0 saturated carbocycles. The molecule has 0 radical (unpaired) electrons. The number of hydrogen-bond acceptors (Lipinski definition) is 3. The molecule has 1 aliphatic heterocycles. The molecule has 0 amide bonds. The van der Waals surface area contributed by atoms with E-state index in [1.165, 1.54) is 0 Å². The summed E-state index contributed by atoms with van der Waals surface area (Å²) in [7, 11) is 2.05. The Balaban J connectivity index is 2.02. The Bertz CT molecular complexity index is 470. The fourth-order valence-corrected chi connectivity index (χ4v) is 2.53. The molecule has 0 spiro atoms. The molecule has 1 saturated heterocycles. The number of nitrogens with one attached hydrogen (secondary N) is 1. The van der Waals surface area contributed by atoms with Crippen molar-refractivity contribution < 1.29 is 4.74 Å². The van der Waals surface area contributed by atoms with Crippen LogP contribution < -0.4 is 10.6 Å². The number of likely N-dealkylation sites (N-methyl/N-ethyl adjacent to an activating group) is 1. The Hall–Kier alpha value is -1.55. The number of amidine groups is 1. The highest BCUT2D eigenvalue weighted by molar-refractivity contribution is 5.95. The number of nitrogens with two attached hydrogens (primary N) is 1. The van der Waals surface area contributed by atoms with E-state index in [4.69, 9.17) is 15.9 Å². The SMILES string of the molecule is CN(CC1CCC(C)(C)O1)c1cccc(C(=N)N)c1. The monoisotopic (exact) mass is 261 g/mol. The van der Waals surface area contributed by atoms with Gasteiger partial charge in [-0.3, -0.25) is 5.41 Å². The van der Waals surface area contributed by atoms with Crippen LogP contribution >= 0.6 is 0 Å². The topological polar surface area (TPSA) is 62.3 Å². The maximum absolute atomic E-state index is 7.48. The van der Waals surface area contributed by atoms with Gasteiger partial charge in [0.25, 0.3) is 0 Å². The maximum atomic E-state index is 7.48. The van der Waals surface area contributed by atoms with E-state index in [0.29, 0.717) is 0 Å². The predicted molar refractivity (Wildman–Crippen MR) is 78.9 cm³/mol. The molecular weight excluding hydrogens is 238 g/mol. The number of ether oxygens (including phenoxy) is 1. The molecule has 1 aromatic carbocycles. The normalized spacial score (nSPS) is 21.3. The maximum Gasteiger partial charge on any atom is 0.122 e. The van der Waals surface area contributed by atoms with Crippen LogP contribution in [0.5, 0.6) is 0 Å². The summed E-state index contributed by atoms with van der Waals surface area (Å²) in [6.45, 7) is 5.15. The van der Waals surface area contributed by atoms with Crippen molar-refractivity contribution in [3.63, 3.8) is 0 Å². The van der Waals surface area contributed by atoms with Gasteiger partial charge in [-0.15, -0.1) is 0 Å². The van der Waals surface area contributed by atoms with Crippen molar-refractivity contribution >= 4 is 11.5 Å². The van der Waals surface area contributed by atoms with Crippen LogP contribution in [0.15, 0.2) is 24.3 Å². The summed E-state index contributed by atoms with van der Waals surface area (Å²) in [5.74, 6) is 0.105. The quantitative estimate of drug-likeness (QED) is 0.646. The summed E-state index contributed by atoms with van der Waals surface area (Å²) in [4.78, 5) is 2.17. The van der Waals surface area contributed by atoms with E-state index in [-0.39, 0.29) is 17.5 Å². The molecule has 104 valence electrons. The van der Waals surface area contributed by atoms with Gasteiger partial charge >= 0.3 is 0 Å². The van der Waals surface area contributed by atoms with Crippen molar-refractivity contribution in [3.05, 3.63) is 29.8 Å². The van der Waals surface area contributed by atoms with Crippen LogP contribution in [-0.2, 0) is 4.74 Å². The molecule has 1 aromatic rings. The lowest BCUT2D eigenvalue weighted by Crippen LogP contribution is -2.31. The lowest BCUT2D eigenvalue weighted by Gasteiger charge is -2.25. The summed E-state index contributed by atoms with van der Waals surface area (Å²) in [6, 6.07) is 7.77. The van der Waals surface area contributed by atoms with Crippen molar-refractivity contribution in [2.45, 2.75) is 38.4 Å². The smallest absolute Gasteiger partial charge is 0.122 e. The van der Waals surface area contributed by atoms with E-state index < -0.39 is 0 Å². The van der Waals surface area contributed by atoms with E-state index in [1.54, 1.807) is 0 Å². The first kappa shape index (κ1) is 13.9. The third-order valence-electron chi connectivity index (χ3n) is 3.63. The molecule has 0 aliphatic carbocycles. The van der Waals surface area contributed by atoms with Gasteiger partial charge in [-0.1, -0.05) is 12.1 Å². The van der Waals surface area contributed by atoms with Crippen LogP contribution in [0.1, 0.15) is 32.3 Å². The van der Waals surface area contributed by atoms with Crippen LogP contribution in [0, 0.1) is 5.41 Å². The second-order valence-electron chi connectivity index (χ2n) is 5.88. The van der Waals surface area contributed by atoms with E-state index >= 15 is 0 Å². The number of anilines is 1. The van der Waals surface area contributed by atoms with E-state index in [9.17, 15) is 0 Å². The van der Waals surface area contributed by atoms with Crippen molar-refractivity contribution in [2.75, 3.05) is 18.5 Å². The molecule has 1 aliphatic rings. The van der Waals surface area contributed by atoms with Gasteiger partial charge < -0.3 is 15.4 Å². The van der Waals surface area contributed by atoms with Crippen LogP contribution in [0.2, 0.25) is 0 Å². The molecule has 1 fully saturated rings. The van der Waals surface area contributed by atoms with Gasteiger partial charge in [0.2, 0.25) is 0 Å². The Morgan fingerprint density at radius 3 is 2.84 bits per heavy atom. The zero-order chi connectivity index (χ0) is 14.0. The van der Waals surface area contributed by atoms with E-state index in [2.05, 4.69) is 18.7 Å². The fourth-order valence-electron chi connectivity index (χ4n) is 2.53. The molecule has 0 aromatic heterocycles. The zero-order valence-corrected chi connectivity index (χ0v) is 11.9. The second kappa shape index (κ2) is 5.21. The van der Waals surface area contributed by atoms with Gasteiger partial charge in [-0.2, -0.15) is 0 Å². The summed E-state index contributed by atoms with van der Waals surface area (Å²) < 4.78 is 6.01. The lowest BCUT2D eigenvalue weighted by molar-refractivity contribution is -0.0111. The first-order valence-electron chi connectivity index (χ1n) is 6.71. The van der Waals surface area contributed by atoms with Crippen molar-refractivity contribution in [1.82, 2.24) is 0 Å². The average molecular weight is 261 g/mol. The molecule has 0 bridgehead atoms. The van der Waals surface area contributed by atoms with E-state index in [1.807, 2.05) is 31.3 Å². The van der Waals surface area contributed by atoms with Crippen LogP contribution in [-0.4, -0.2) is 31.1 Å². The van der Waals surface area contributed by atoms with Gasteiger partial charge in [0, 0.05) is 24.8 Å². The largest absolute Gasteiger partial charge is 0.384 e. The number of nitrogens with zero attached hydrogens (tertiary/aromatic N) is 1. The number of benzene rings is 1. The second-order valence-corrected chi connectivity index (χ2v) is 5.88. The summed E-state index contributed by atoms with van der Waals surface area (Å²) in [5.41, 5.74) is 7.36. The molecule has 1 atom stereocenters. The first-order chi connectivity index (χ1) is 8.87. The molecule has 1 unspecified atom stereocenters. The molecule has 4 nitrogen and oxygen atoms in total. The van der Waals surface area contributed by atoms with Crippen molar-refractivity contribution in [2.24, 2.45) is 5.73 Å². The molecule has 1 heterocycles. The molecular formula is C15H23N3O. The number of hydrogen-bond donors (Lipinski definition) is 2. The van der Waals surface area contributed by atoms with Crippen molar-refractivity contribution in [3.8, 4) is 0 Å². The highest BCUT2D eigenvalue weighted by Crippen LogP contribution is 2.30. The van der Waals surface area contributed by atoms with Crippen molar-refractivity contribution in [1.29, 1.82) is 5.41 Å². The highest BCUT2D eigenvalue weighted by Gasteiger charge is 2.32. The molecule has 19 heavy (non-hydrogen) atoms. The summed E-state index contributed by atoms with van der Waals surface area (Å²) in [5, 5.41) is 7.48. The Labute approximate surface area is 115 Å². The van der Waals surface area contributed by atoms with E-state index in [0.717, 1.165) is 30.6 Å². The van der Waals surface area contributed by atoms with Crippen LogP contribution in [0.3, 0.4) is 0 Å². The van der Waals surface area contributed by atoms with Gasteiger partial charge in [-0.05, 0) is 38.8 Å². The number of rotatable bonds is 4. The Morgan fingerprint density at radius 2 is 2.26 bits per heavy atom. The third kappa shape index (κ3) is 3.47. The van der Waals surface area contributed by atoms with Gasteiger partial charge in [0.15, 0.2) is 0 Å². The highest BCUT2D eigenvalue weighted by atomic mass is 16.5. The Morgan fingerprint density at radius 1 is 1.53 bits per heavy atom. The zero-order valence-electron chi connectivity index (χ0n) is 11.9. The van der Waals surface area contributed by atoms with Crippen LogP contribution in [0.25, 0.3) is 0 Å². The average Bonchev–Trinajstić information content (AvgIpc) is 2.68. The fraction of sp³-hybridized carbons (Fsp3) is 0.533. The van der Waals surface area contributed by atoms with Crippen LogP contribution in [0.4, 0.5) is 5.69 Å². The summed E-state index contributed by atoms with van der Waals surface area (Å²) >= 11 is 0. The number of nitrogen functional groups attached to an aromatic ring is 1. The van der Waals surface area contributed by atoms with Gasteiger partial charge in [-0.25, -0.2) is 0 Å². The molecule has 3 N–H and O–H groups in total. The van der Waals surface area contributed by atoms with Gasteiger partial charge in [0.1, 0.15) is 5.84 Å². The minimum absolute atomic E-state index is 0.00669. The standard InChI is InChI=1S/C15H23N3O/c1-15(2)8-7-13(19-15)10-18(3)12-6-4-5-11(9-12)14(16)17/h4-6,9,13H,7-8,10H2,1-3H3,(H3,16,17). The minimum Gasteiger partial charge on any atom is -0.384 e. The summed E-state index contributed by atoms with van der Waals surface area (Å²) in [6.07, 6.45) is 2.49.